The zero-order chi connectivity index (χ0) is 26.9. The van der Waals surface area contributed by atoms with Crippen LogP contribution in [-0.2, 0) is 31.5 Å². The van der Waals surface area contributed by atoms with E-state index in [2.05, 4.69) is 5.73 Å². The zero-order valence-corrected chi connectivity index (χ0v) is 20.9. The molecule has 0 radical (unpaired) electrons. The van der Waals surface area contributed by atoms with Crippen molar-refractivity contribution in [3.63, 3.8) is 0 Å². The van der Waals surface area contributed by atoms with Crippen molar-refractivity contribution < 1.29 is 33.0 Å². The van der Waals surface area contributed by atoms with Gasteiger partial charge in [0.1, 0.15) is 6.29 Å². The highest BCUT2D eigenvalue weighted by molar-refractivity contribution is 5.85. The summed E-state index contributed by atoms with van der Waals surface area (Å²) in [5.41, 5.74) is 5.38. The first-order valence-electron chi connectivity index (χ1n) is 11.9. The van der Waals surface area contributed by atoms with Gasteiger partial charge in [0, 0.05) is 31.3 Å². The molecule has 0 bridgehead atoms. The van der Waals surface area contributed by atoms with Crippen LogP contribution in [0.5, 0.6) is 0 Å². The van der Waals surface area contributed by atoms with Crippen molar-refractivity contribution in [2.45, 2.75) is 57.1 Å². The molecule has 3 aliphatic rings. The van der Waals surface area contributed by atoms with Crippen LogP contribution in [0.25, 0.3) is 11.1 Å². The molecule has 2 atom stereocenters. The standard InChI is InChI=1S/C23H21F2NO3.C2H6.CH3NO.CH4O/c24-23(25)19-5-2-1-4-17(19)18-10-15(6-7-20(18)23)11-21(28)26-14-22(8-3-9-29-22)12-16(26)13-27;1-2;2-1-3;1-2/h1-2,4-7,10,13,16H,3,8-9,11-12,14H2;1-2H3;1H,(H2,2,3);2H,1H3. The number of hydrogen-bond acceptors (Lipinski definition) is 5. The number of aliphatic hydroxyl groups excluding tert-OH is 1. The van der Waals surface area contributed by atoms with Gasteiger partial charge in [-0.15, -0.1) is 0 Å². The van der Waals surface area contributed by atoms with Gasteiger partial charge in [0.2, 0.25) is 12.3 Å². The third-order valence-electron chi connectivity index (χ3n) is 6.44. The first kappa shape index (κ1) is 29.1. The number of hydrogen-bond donors (Lipinski definition) is 2. The summed E-state index contributed by atoms with van der Waals surface area (Å²) in [4.78, 5) is 34.7. The van der Waals surface area contributed by atoms with E-state index in [1.807, 2.05) is 13.8 Å². The normalized spacial score (nSPS) is 22.1. The Balaban J connectivity index is 0.000000596. The van der Waals surface area contributed by atoms with E-state index in [1.54, 1.807) is 35.2 Å². The molecular weight excluding hydrogens is 470 g/mol. The molecule has 3 N–H and O–H groups in total. The Kier molecular flexibility index (Phi) is 10.2. The first-order valence-corrected chi connectivity index (χ1v) is 11.9. The van der Waals surface area contributed by atoms with E-state index < -0.39 is 17.6 Å². The van der Waals surface area contributed by atoms with Gasteiger partial charge in [-0.25, -0.2) is 0 Å². The Morgan fingerprint density at radius 3 is 2.39 bits per heavy atom. The molecule has 2 amide bonds. The second-order valence-electron chi connectivity index (χ2n) is 8.38. The number of nitrogens with two attached hydrogens (primary N) is 1. The number of halogens is 2. The molecule has 1 spiro atoms. The van der Waals surface area contributed by atoms with E-state index in [0.29, 0.717) is 36.3 Å². The minimum Gasteiger partial charge on any atom is -0.400 e. The van der Waals surface area contributed by atoms with Gasteiger partial charge >= 0.3 is 0 Å². The van der Waals surface area contributed by atoms with Crippen LogP contribution in [0.4, 0.5) is 8.78 Å². The minimum atomic E-state index is -3.03. The number of nitrogens with zero attached hydrogens (tertiary/aromatic N) is 1. The number of alkyl halides is 2. The van der Waals surface area contributed by atoms with Crippen LogP contribution in [-0.4, -0.2) is 60.5 Å². The lowest BCUT2D eigenvalue weighted by Crippen LogP contribution is -2.39. The van der Waals surface area contributed by atoms with Crippen LogP contribution in [0.1, 0.15) is 49.8 Å². The van der Waals surface area contributed by atoms with Gasteiger partial charge in [0.25, 0.3) is 5.92 Å². The Morgan fingerprint density at radius 2 is 1.78 bits per heavy atom. The maximum atomic E-state index is 14.7. The number of carbonyl (C=O) groups is 3. The summed E-state index contributed by atoms with van der Waals surface area (Å²) >= 11 is 0. The van der Waals surface area contributed by atoms with Crippen LogP contribution < -0.4 is 5.73 Å². The summed E-state index contributed by atoms with van der Waals surface area (Å²) in [6.07, 6.45) is 3.46. The van der Waals surface area contributed by atoms with Gasteiger partial charge < -0.3 is 25.3 Å². The van der Waals surface area contributed by atoms with Crippen molar-refractivity contribution in [2.24, 2.45) is 5.73 Å². The lowest BCUT2D eigenvalue weighted by atomic mass is 9.97. The van der Waals surface area contributed by atoms with E-state index >= 15 is 0 Å². The fraction of sp³-hybridized carbons (Fsp3) is 0.444. The molecule has 2 unspecified atom stereocenters. The quantitative estimate of drug-likeness (QED) is 0.623. The largest absolute Gasteiger partial charge is 0.400 e. The van der Waals surface area contributed by atoms with Crippen LogP contribution in [0.3, 0.4) is 0 Å². The summed E-state index contributed by atoms with van der Waals surface area (Å²) < 4.78 is 35.3. The van der Waals surface area contributed by atoms with Crippen molar-refractivity contribution in [2.75, 3.05) is 20.3 Å². The second-order valence-corrected chi connectivity index (χ2v) is 8.38. The number of fused-ring (bicyclic) bond motifs is 3. The molecule has 2 aliphatic heterocycles. The Bertz CT molecular complexity index is 1050. The van der Waals surface area contributed by atoms with Crippen molar-refractivity contribution in [1.29, 1.82) is 0 Å². The minimum absolute atomic E-state index is 0.000590. The van der Waals surface area contributed by atoms with E-state index in [1.165, 1.54) is 12.1 Å². The third-order valence-corrected chi connectivity index (χ3v) is 6.44. The van der Waals surface area contributed by atoms with Crippen molar-refractivity contribution >= 4 is 18.6 Å². The van der Waals surface area contributed by atoms with Crippen LogP contribution in [0, 0.1) is 0 Å². The molecule has 2 aromatic rings. The third kappa shape index (κ3) is 5.63. The molecule has 5 rings (SSSR count). The second kappa shape index (κ2) is 12.7. The van der Waals surface area contributed by atoms with E-state index in [0.717, 1.165) is 26.2 Å². The highest BCUT2D eigenvalue weighted by atomic mass is 19.3. The maximum Gasteiger partial charge on any atom is 0.299 e. The van der Waals surface area contributed by atoms with Gasteiger partial charge in [-0.1, -0.05) is 56.3 Å². The van der Waals surface area contributed by atoms with E-state index in [9.17, 15) is 18.4 Å². The molecule has 7 nitrogen and oxygen atoms in total. The fourth-order valence-electron chi connectivity index (χ4n) is 5.03. The van der Waals surface area contributed by atoms with Gasteiger partial charge in [0.15, 0.2) is 0 Å². The summed E-state index contributed by atoms with van der Waals surface area (Å²) in [5, 5.41) is 7.00. The molecule has 0 saturated carbocycles. The average molecular weight is 505 g/mol. The number of aliphatic hydroxyl groups is 1. The van der Waals surface area contributed by atoms with Crippen molar-refractivity contribution in [1.82, 2.24) is 4.90 Å². The lowest BCUT2D eigenvalue weighted by molar-refractivity contribution is -0.134. The highest BCUT2D eigenvalue weighted by Gasteiger charge is 2.48. The molecular formula is C27H34F2N2O5. The molecule has 196 valence electrons. The zero-order valence-electron chi connectivity index (χ0n) is 20.9. The van der Waals surface area contributed by atoms with Crippen molar-refractivity contribution in [3.8, 4) is 11.1 Å². The Labute approximate surface area is 210 Å². The van der Waals surface area contributed by atoms with Crippen molar-refractivity contribution in [3.05, 3.63) is 59.2 Å². The lowest BCUT2D eigenvalue weighted by Gasteiger charge is -2.23. The SMILES string of the molecule is CC.CO.NC=O.O=CC1CC2(CCCO2)CN1C(=O)Cc1ccc2c(c1)-c1ccccc1C2(F)F. The Morgan fingerprint density at radius 1 is 1.14 bits per heavy atom. The van der Waals surface area contributed by atoms with Crippen LogP contribution in [0.15, 0.2) is 42.5 Å². The number of primary amides is 1. The molecule has 9 heteroatoms. The van der Waals surface area contributed by atoms with Gasteiger partial charge in [-0.05, 0) is 29.5 Å². The molecule has 2 fully saturated rings. The van der Waals surface area contributed by atoms with Gasteiger partial charge in [0.05, 0.1) is 24.6 Å². The topological polar surface area (TPSA) is 110 Å². The number of ether oxygens (including phenoxy) is 1. The first-order chi connectivity index (χ1) is 17.3. The highest BCUT2D eigenvalue weighted by Crippen LogP contribution is 2.51. The van der Waals surface area contributed by atoms with Gasteiger partial charge in [-0.2, -0.15) is 8.78 Å². The summed E-state index contributed by atoms with van der Waals surface area (Å²) in [7, 11) is 1.00. The maximum absolute atomic E-state index is 14.7. The number of amides is 2. The molecule has 0 aromatic heterocycles. The molecule has 2 heterocycles. The monoisotopic (exact) mass is 504 g/mol. The predicted molar refractivity (Wildman–Crippen MR) is 132 cm³/mol. The number of aldehydes is 1. The number of rotatable bonds is 3. The molecule has 2 aromatic carbocycles. The number of likely N-dealkylation sites (tertiary alicyclic amines) is 1. The van der Waals surface area contributed by atoms with E-state index in [-0.39, 0.29) is 29.9 Å². The smallest absolute Gasteiger partial charge is 0.299 e. The summed E-state index contributed by atoms with van der Waals surface area (Å²) in [6, 6.07) is 10.7. The molecule has 1 aliphatic carbocycles. The van der Waals surface area contributed by atoms with E-state index in [4.69, 9.17) is 14.6 Å². The van der Waals surface area contributed by atoms with Gasteiger partial charge in [-0.3, -0.25) is 9.59 Å². The van der Waals surface area contributed by atoms with Crippen LogP contribution >= 0.6 is 0 Å². The molecule has 36 heavy (non-hydrogen) atoms. The number of carbonyl (C=O) groups excluding carboxylic acids is 3. The molecule has 2 saturated heterocycles. The Hall–Kier alpha value is -3.17. The summed E-state index contributed by atoms with van der Waals surface area (Å²) in [5.74, 6) is -3.20. The number of benzene rings is 2. The average Bonchev–Trinajstić information content (AvgIpc) is 3.58. The van der Waals surface area contributed by atoms with Crippen LogP contribution in [0.2, 0.25) is 0 Å². The summed E-state index contributed by atoms with van der Waals surface area (Å²) in [6.45, 7) is 5.08. The fourth-order valence-corrected chi connectivity index (χ4v) is 5.03. The predicted octanol–water partition coefficient (Wildman–Crippen LogP) is 3.43.